The summed E-state index contributed by atoms with van der Waals surface area (Å²) >= 11 is 0. The van der Waals surface area contributed by atoms with Gasteiger partial charge in [0.05, 0.1) is 14.2 Å². The van der Waals surface area contributed by atoms with Crippen LogP contribution in [0.4, 0.5) is 4.79 Å². The number of carbonyl (C=O) groups is 3. The fourth-order valence-electron chi connectivity index (χ4n) is 1.96. The third-order valence-corrected chi connectivity index (χ3v) is 3.11. The number of esters is 2. The molecule has 0 fully saturated rings. The summed E-state index contributed by atoms with van der Waals surface area (Å²) in [7, 11) is 2.47. The maximum absolute atomic E-state index is 11.8. The van der Waals surface area contributed by atoms with Crippen molar-refractivity contribution in [3.05, 3.63) is 17.5 Å². The van der Waals surface area contributed by atoms with E-state index >= 15 is 0 Å². The van der Waals surface area contributed by atoms with Gasteiger partial charge in [0, 0.05) is 18.7 Å². The van der Waals surface area contributed by atoms with Gasteiger partial charge in [-0.15, -0.1) is 0 Å². The first-order valence-corrected chi connectivity index (χ1v) is 7.81. The Morgan fingerprint density at radius 3 is 2.32 bits per heavy atom. The zero-order valence-corrected chi connectivity index (χ0v) is 15.4. The summed E-state index contributed by atoms with van der Waals surface area (Å²) in [4.78, 5) is 35.1. The fraction of sp³-hybridized carbons (Fsp3) is 0.625. The molecule has 0 aliphatic rings. The molecule has 1 N–H and O–H groups in total. The lowest BCUT2D eigenvalue weighted by atomic mass is 10.2. The molecule has 1 heterocycles. The molecule has 0 aliphatic heterocycles. The molecule has 0 radical (unpaired) electrons. The highest BCUT2D eigenvalue weighted by molar-refractivity contribution is 5.93. The molecule has 1 aromatic rings. The molecule has 0 bridgehead atoms. The second-order valence-electron chi connectivity index (χ2n) is 6.46. The van der Waals surface area contributed by atoms with Crippen LogP contribution >= 0.6 is 0 Å². The van der Waals surface area contributed by atoms with E-state index in [4.69, 9.17) is 4.74 Å². The van der Waals surface area contributed by atoms with Gasteiger partial charge in [-0.3, -0.25) is 4.68 Å². The third kappa shape index (κ3) is 6.44. The van der Waals surface area contributed by atoms with Gasteiger partial charge in [-0.1, -0.05) is 0 Å². The van der Waals surface area contributed by atoms with Crippen LogP contribution in [0.3, 0.4) is 0 Å². The lowest BCUT2D eigenvalue weighted by Crippen LogP contribution is -2.38. The summed E-state index contributed by atoms with van der Waals surface area (Å²) in [6, 6.07) is 1.08. The van der Waals surface area contributed by atoms with Crippen molar-refractivity contribution >= 4 is 18.0 Å². The minimum absolute atomic E-state index is 0.00987. The largest absolute Gasteiger partial charge is 0.464 e. The molecule has 0 saturated heterocycles. The monoisotopic (exact) mass is 355 g/mol. The van der Waals surface area contributed by atoms with Gasteiger partial charge in [0.15, 0.2) is 5.69 Å². The van der Waals surface area contributed by atoms with Crippen molar-refractivity contribution in [2.45, 2.75) is 52.3 Å². The average Bonchev–Trinajstić information content (AvgIpc) is 2.93. The molecule has 1 unspecified atom stereocenters. The molecule has 0 spiro atoms. The van der Waals surface area contributed by atoms with Gasteiger partial charge in [-0.25, -0.2) is 14.4 Å². The van der Waals surface area contributed by atoms with Crippen molar-refractivity contribution in [1.29, 1.82) is 0 Å². The predicted octanol–water partition coefficient (Wildman–Crippen LogP) is 1.76. The number of nitrogens with zero attached hydrogens (tertiary/aromatic N) is 2. The summed E-state index contributed by atoms with van der Waals surface area (Å²) in [5, 5.41) is 6.76. The highest BCUT2D eigenvalue weighted by Crippen LogP contribution is 2.10. The van der Waals surface area contributed by atoms with Crippen LogP contribution in [-0.2, 0) is 20.8 Å². The summed E-state index contributed by atoms with van der Waals surface area (Å²) in [6.45, 7) is 7.42. The highest BCUT2D eigenvalue weighted by Gasteiger charge is 2.21. The molecular weight excluding hydrogens is 330 g/mol. The normalized spacial score (nSPS) is 12.2. The zero-order valence-electron chi connectivity index (χ0n) is 15.4. The van der Waals surface area contributed by atoms with Crippen molar-refractivity contribution in [2.75, 3.05) is 14.2 Å². The maximum Gasteiger partial charge on any atom is 0.407 e. The quantitative estimate of drug-likeness (QED) is 0.612. The second kappa shape index (κ2) is 8.50. The molecule has 9 nitrogen and oxygen atoms in total. The molecule has 1 amide bonds. The Morgan fingerprint density at radius 1 is 1.20 bits per heavy atom. The van der Waals surface area contributed by atoms with E-state index in [1.807, 2.05) is 0 Å². The van der Waals surface area contributed by atoms with Gasteiger partial charge in [-0.2, -0.15) is 5.10 Å². The molecule has 140 valence electrons. The van der Waals surface area contributed by atoms with Crippen LogP contribution in [0.25, 0.3) is 0 Å². The first-order chi connectivity index (χ1) is 11.6. The van der Waals surface area contributed by atoms with E-state index in [-0.39, 0.29) is 17.4 Å². The summed E-state index contributed by atoms with van der Waals surface area (Å²) in [6.07, 6.45) is -0.0603. The summed E-state index contributed by atoms with van der Waals surface area (Å²) in [5.41, 5.74) is -0.442. The molecule has 0 saturated carbocycles. The Labute approximate surface area is 146 Å². The second-order valence-corrected chi connectivity index (χ2v) is 6.46. The van der Waals surface area contributed by atoms with E-state index in [1.165, 1.54) is 25.0 Å². The average molecular weight is 355 g/mol. The van der Waals surface area contributed by atoms with E-state index in [0.29, 0.717) is 13.0 Å². The van der Waals surface area contributed by atoms with Gasteiger partial charge in [0.1, 0.15) is 11.3 Å². The lowest BCUT2D eigenvalue weighted by Gasteiger charge is -2.22. The fourth-order valence-corrected chi connectivity index (χ4v) is 1.96. The predicted molar refractivity (Wildman–Crippen MR) is 88.4 cm³/mol. The Morgan fingerprint density at radius 2 is 1.80 bits per heavy atom. The van der Waals surface area contributed by atoms with E-state index in [2.05, 4.69) is 19.9 Å². The number of amides is 1. The smallest absolute Gasteiger partial charge is 0.407 e. The number of methoxy groups -OCH3 is 2. The number of aromatic nitrogens is 2. The SMILES string of the molecule is COC(=O)c1cc(C(=O)OC)n(CCC(C)NC(=O)OC(C)(C)C)n1. The molecule has 1 rings (SSSR count). The number of hydrogen-bond donors (Lipinski definition) is 1. The number of rotatable bonds is 6. The highest BCUT2D eigenvalue weighted by atomic mass is 16.6. The molecule has 1 aromatic heterocycles. The zero-order chi connectivity index (χ0) is 19.2. The van der Waals surface area contributed by atoms with Crippen LogP contribution in [0.5, 0.6) is 0 Å². The number of ether oxygens (including phenoxy) is 3. The van der Waals surface area contributed by atoms with Crippen molar-refractivity contribution in [2.24, 2.45) is 0 Å². The number of nitrogens with one attached hydrogen (secondary N) is 1. The van der Waals surface area contributed by atoms with Gasteiger partial charge < -0.3 is 19.5 Å². The van der Waals surface area contributed by atoms with Crippen LogP contribution < -0.4 is 5.32 Å². The number of carbonyl (C=O) groups excluding carboxylic acids is 3. The van der Waals surface area contributed by atoms with E-state index in [9.17, 15) is 14.4 Å². The van der Waals surface area contributed by atoms with Gasteiger partial charge >= 0.3 is 18.0 Å². The van der Waals surface area contributed by atoms with E-state index < -0.39 is 23.6 Å². The Hall–Kier alpha value is -2.58. The van der Waals surface area contributed by atoms with Crippen molar-refractivity contribution in [3.8, 4) is 0 Å². The van der Waals surface area contributed by atoms with Crippen LogP contribution in [0.1, 0.15) is 55.1 Å². The number of aryl methyl sites for hydroxylation is 1. The van der Waals surface area contributed by atoms with Gasteiger partial charge in [-0.05, 0) is 34.1 Å². The molecule has 0 aliphatic carbocycles. The first kappa shape index (κ1) is 20.5. The maximum atomic E-state index is 11.8. The summed E-state index contributed by atoms with van der Waals surface area (Å²) in [5.74, 6) is -1.26. The van der Waals surface area contributed by atoms with Crippen LogP contribution in [0, 0.1) is 0 Å². The van der Waals surface area contributed by atoms with Crippen LogP contribution in [0.2, 0.25) is 0 Å². The van der Waals surface area contributed by atoms with Crippen molar-refractivity contribution in [1.82, 2.24) is 15.1 Å². The Bertz CT molecular complexity index is 632. The Kier molecular flexibility index (Phi) is 6.96. The number of hydrogen-bond acceptors (Lipinski definition) is 7. The van der Waals surface area contributed by atoms with E-state index in [1.54, 1.807) is 27.7 Å². The van der Waals surface area contributed by atoms with Gasteiger partial charge in [0.2, 0.25) is 0 Å². The standard InChI is InChI=1S/C16H25N3O6/c1-10(17-15(22)25-16(2,3)4)7-8-19-12(14(21)24-6)9-11(18-19)13(20)23-5/h9-10H,7-8H2,1-6H3,(H,17,22). The minimum atomic E-state index is -0.649. The first-order valence-electron chi connectivity index (χ1n) is 7.81. The number of alkyl carbamates (subject to hydrolysis) is 1. The van der Waals surface area contributed by atoms with Crippen LogP contribution in [-0.4, -0.2) is 53.7 Å². The van der Waals surface area contributed by atoms with Crippen LogP contribution in [0.15, 0.2) is 6.07 Å². The van der Waals surface area contributed by atoms with E-state index in [0.717, 1.165) is 0 Å². The molecular formula is C16H25N3O6. The molecule has 25 heavy (non-hydrogen) atoms. The van der Waals surface area contributed by atoms with Crippen molar-refractivity contribution < 1.29 is 28.6 Å². The minimum Gasteiger partial charge on any atom is -0.464 e. The topological polar surface area (TPSA) is 109 Å². The van der Waals surface area contributed by atoms with Crippen molar-refractivity contribution in [3.63, 3.8) is 0 Å². The summed E-state index contributed by atoms with van der Waals surface area (Å²) < 4.78 is 15.8. The molecule has 9 heteroatoms. The molecule has 1 atom stereocenters. The lowest BCUT2D eigenvalue weighted by molar-refractivity contribution is 0.0501. The van der Waals surface area contributed by atoms with Gasteiger partial charge in [0.25, 0.3) is 0 Å². The molecule has 0 aromatic carbocycles. The third-order valence-electron chi connectivity index (χ3n) is 3.11. The Balaban J connectivity index is 2.75.